The van der Waals surface area contributed by atoms with Crippen LogP contribution in [0.4, 0.5) is 0 Å². The molecule has 0 aromatic heterocycles. The summed E-state index contributed by atoms with van der Waals surface area (Å²) >= 11 is 6.15. The Morgan fingerprint density at radius 2 is 1.88 bits per heavy atom. The molecule has 0 unspecified atom stereocenters. The molecule has 140 valence electrons. The molecule has 0 bridgehead atoms. The molecule has 1 N–H and O–H groups in total. The molecule has 1 aromatic rings. The minimum absolute atomic E-state index is 0.144. The average Bonchev–Trinajstić information content (AvgIpc) is 2.53. The summed E-state index contributed by atoms with van der Waals surface area (Å²) in [7, 11) is -3.54. The highest BCUT2D eigenvalue weighted by Crippen LogP contribution is 2.29. The van der Waals surface area contributed by atoms with Crippen LogP contribution in [-0.4, -0.2) is 43.9 Å². The Bertz CT molecular complexity index is 723. The molecular formula is C17H25ClN2O4S. The van der Waals surface area contributed by atoms with E-state index in [0.29, 0.717) is 13.1 Å². The molecule has 1 aliphatic heterocycles. The van der Waals surface area contributed by atoms with Gasteiger partial charge in [-0.25, -0.2) is 8.42 Å². The zero-order valence-corrected chi connectivity index (χ0v) is 16.4. The third kappa shape index (κ3) is 5.59. The second-order valence-electron chi connectivity index (χ2n) is 7.14. The van der Waals surface area contributed by atoms with Gasteiger partial charge in [0.1, 0.15) is 5.75 Å². The smallest absolute Gasteiger partial charge is 0.258 e. The van der Waals surface area contributed by atoms with E-state index >= 15 is 0 Å². The number of hydrogen-bond donors (Lipinski definition) is 1. The first-order valence-electron chi connectivity index (χ1n) is 8.33. The van der Waals surface area contributed by atoms with Crippen LogP contribution >= 0.6 is 11.6 Å². The van der Waals surface area contributed by atoms with Gasteiger partial charge < -0.3 is 10.1 Å². The number of carbonyl (C=O) groups excluding carboxylic acids is 1. The Balaban J connectivity index is 2.06. The van der Waals surface area contributed by atoms with Gasteiger partial charge in [-0.3, -0.25) is 4.79 Å². The number of nitrogens with zero attached hydrogens (tertiary/aromatic N) is 1. The minimum atomic E-state index is -3.54. The van der Waals surface area contributed by atoms with Crippen molar-refractivity contribution in [1.29, 1.82) is 0 Å². The lowest BCUT2D eigenvalue weighted by atomic mass is 10.1. The highest BCUT2D eigenvalue weighted by Gasteiger charge is 2.26. The van der Waals surface area contributed by atoms with Crippen molar-refractivity contribution in [3.63, 3.8) is 0 Å². The summed E-state index contributed by atoms with van der Waals surface area (Å²) in [5.41, 5.74) is -0.351. The van der Waals surface area contributed by atoms with Crippen molar-refractivity contribution in [2.24, 2.45) is 0 Å². The number of benzene rings is 1. The predicted octanol–water partition coefficient (Wildman–Crippen LogP) is 2.81. The fourth-order valence-electron chi connectivity index (χ4n) is 2.61. The second kappa shape index (κ2) is 7.93. The molecule has 0 aliphatic carbocycles. The van der Waals surface area contributed by atoms with Gasteiger partial charge in [-0.1, -0.05) is 18.0 Å². The Hall–Kier alpha value is -1.31. The van der Waals surface area contributed by atoms with Gasteiger partial charge in [0, 0.05) is 18.6 Å². The lowest BCUT2D eigenvalue weighted by Crippen LogP contribution is -2.43. The van der Waals surface area contributed by atoms with Crippen LogP contribution in [0.2, 0.25) is 5.02 Å². The minimum Gasteiger partial charge on any atom is -0.482 e. The molecule has 0 saturated carbocycles. The molecule has 1 aromatic carbocycles. The van der Waals surface area contributed by atoms with Crippen molar-refractivity contribution >= 4 is 27.5 Å². The van der Waals surface area contributed by atoms with Crippen LogP contribution in [0.15, 0.2) is 23.1 Å². The molecular weight excluding hydrogens is 364 g/mol. The van der Waals surface area contributed by atoms with E-state index in [2.05, 4.69) is 5.32 Å². The SMILES string of the molecule is CC(C)(C)NC(=O)COc1ccc(S(=O)(=O)N2CCCCC2)cc1Cl. The fourth-order valence-corrected chi connectivity index (χ4v) is 4.45. The van der Waals surface area contributed by atoms with Gasteiger partial charge in [-0.05, 0) is 51.8 Å². The number of piperidine rings is 1. The highest BCUT2D eigenvalue weighted by molar-refractivity contribution is 7.89. The number of halogens is 1. The molecule has 0 radical (unpaired) electrons. The van der Waals surface area contributed by atoms with Gasteiger partial charge in [0.2, 0.25) is 10.0 Å². The molecule has 1 heterocycles. The van der Waals surface area contributed by atoms with Gasteiger partial charge in [0.05, 0.1) is 9.92 Å². The fraction of sp³-hybridized carbons (Fsp3) is 0.588. The van der Waals surface area contributed by atoms with Crippen molar-refractivity contribution in [1.82, 2.24) is 9.62 Å². The maximum absolute atomic E-state index is 12.6. The first-order chi connectivity index (χ1) is 11.6. The number of nitrogens with one attached hydrogen (secondary N) is 1. The molecule has 1 saturated heterocycles. The third-order valence-corrected chi connectivity index (χ3v) is 5.92. The summed E-state index contributed by atoms with van der Waals surface area (Å²) in [5.74, 6) is 0.0110. The predicted molar refractivity (Wildman–Crippen MR) is 97.5 cm³/mol. The zero-order chi connectivity index (χ0) is 18.7. The van der Waals surface area contributed by atoms with Gasteiger partial charge in [0.25, 0.3) is 5.91 Å². The second-order valence-corrected chi connectivity index (χ2v) is 9.49. The number of carbonyl (C=O) groups is 1. The molecule has 1 aliphatic rings. The summed E-state index contributed by atoms with van der Waals surface area (Å²) < 4.78 is 32.2. The van der Waals surface area contributed by atoms with E-state index in [0.717, 1.165) is 19.3 Å². The Morgan fingerprint density at radius 1 is 1.24 bits per heavy atom. The lowest BCUT2D eigenvalue weighted by Gasteiger charge is -2.26. The topological polar surface area (TPSA) is 75.7 Å². The van der Waals surface area contributed by atoms with Gasteiger partial charge in [-0.2, -0.15) is 4.31 Å². The Morgan fingerprint density at radius 3 is 2.44 bits per heavy atom. The monoisotopic (exact) mass is 388 g/mol. The summed E-state index contributed by atoms with van der Waals surface area (Å²) in [5, 5.41) is 2.95. The lowest BCUT2D eigenvalue weighted by molar-refractivity contribution is -0.124. The number of sulfonamides is 1. The number of hydrogen-bond acceptors (Lipinski definition) is 4. The van der Waals surface area contributed by atoms with E-state index in [1.54, 1.807) is 0 Å². The van der Waals surface area contributed by atoms with E-state index < -0.39 is 10.0 Å². The molecule has 1 amide bonds. The van der Waals surface area contributed by atoms with Crippen LogP contribution in [-0.2, 0) is 14.8 Å². The Kier molecular flexibility index (Phi) is 6.35. The van der Waals surface area contributed by atoms with Crippen molar-refractivity contribution in [2.45, 2.75) is 50.5 Å². The van der Waals surface area contributed by atoms with Crippen LogP contribution in [0.25, 0.3) is 0 Å². The third-order valence-electron chi connectivity index (χ3n) is 3.73. The first kappa shape index (κ1) is 20.0. The van der Waals surface area contributed by atoms with E-state index in [1.807, 2.05) is 20.8 Å². The normalized spacial score (nSPS) is 16.5. The van der Waals surface area contributed by atoms with Gasteiger partial charge in [-0.15, -0.1) is 0 Å². The largest absolute Gasteiger partial charge is 0.482 e. The van der Waals surface area contributed by atoms with Crippen LogP contribution in [0, 0.1) is 0 Å². The summed E-state index contributed by atoms with van der Waals surface area (Å²) in [4.78, 5) is 11.9. The van der Waals surface area contributed by atoms with Crippen molar-refractivity contribution in [3.05, 3.63) is 23.2 Å². The van der Waals surface area contributed by atoms with Crippen molar-refractivity contribution in [3.8, 4) is 5.75 Å². The van der Waals surface area contributed by atoms with Crippen LogP contribution in [0.3, 0.4) is 0 Å². The molecule has 2 rings (SSSR count). The average molecular weight is 389 g/mol. The van der Waals surface area contributed by atoms with E-state index in [9.17, 15) is 13.2 Å². The summed E-state index contributed by atoms with van der Waals surface area (Å²) in [6, 6.07) is 4.33. The van der Waals surface area contributed by atoms with Gasteiger partial charge in [0.15, 0.2) is 6.61 Å². The van der Waals surface area contributed by atoms with Crippen molar-refractivity contribution < 1.29 is 17.9 Å². The van der Waals surface area contributed by atoms with Gasteiger partial charge >= 0.3 is 0 Å². The maximum atomic E-state index is 12.6. The number of ether oxygens (including phenoxy) is 1. The standard InChI is InChI=1S/C17H25ClN2O4S/c1-17(2,3)19-16(21)12-24-15-8-7-13(11-14(15)18)25(22,23)20-9-5-4-6-10-20/h7-8,11H,4-6,9-10,12H2,1-3H3,(H,19,21). The van der Waals surface area contributed by atoms with Crippen LogP contribution < -0.4 is 10.1 Å². The summed E-state index contributed by atoms with van der Waals surface area (Å²) in [6.07, 6.45) is 2.80. The van der Waals surface area contributed by atoms with Crippen LogP contribution in [0.5, 0.6) is 5.75 Å². The zero-order valence-electron chi connectivity index (χ0n) is 14.8. The summed E-state index contributed by atoms with van der Waals surface area (Å²) in [6.45, 7) is 6.50. The highest BCUT2D eigenvalue weighted by atomic mass is 35.5. The number of rotatable bonds is 5. The van der Waals surface area contributed by atoms with E-state index in [-0.39, 0.29) is 33.7 Å². The first-order valence-corrected chi connectivity index (χ1v) is 10.1. The number of amides is 1. The van der Waals surface area contributed by atoms with Crippen LogP contribution in [0.1, 0.15) is 40.0 Å². The molecule has 25 heavy (non-hydrogen) atoms. The molecule has 6 nitrogen and oxygen atoms in total. The van der Waals surface area contributed by atoms with Crippen molar-refractivity contribution in [2.75, 3.05) is 19.7 Å². The van der Waals surface area contributed by atoms with E-state index in [1.165, 1.54) is 22.5 Å². The molecule has 8 heteroatoms. The molecule has 0 spiro atoms. The quantitative estimate of drug-likeness (QED) is 0.841. The van der Waals surface area contributed by atoms with E-state index in [4.69, 9.17) is 16.3 Å². The molecule has 0 atom stereocenters. The molecule has 1 fully saturated rings. The Labute approximate surface area is 154 Å². The maximum Gasteiger partial charge on any atom is 0.258 e.